The van der Waals surface area contributed by atoms with E-state index in [2.05, 4.69) is 5.32 Å². The zero-order valence-corrected chi connectivity index (χ0v) is 6.17. The Morgan fingerprint density at radius 3 is 2.17 bits per heavy atom. The van der Waals surface area contributed by atoms with Crippen molar-refractivity contribution in [1.82, 2.24) is 5.32 Å². The minimum Gasteiger partial charge on any atom is -0.390 e. The lowest BCUT2D eigenvalue weighted by atomic mass is 9.93. The van der Waals surface area contributed by atoms with Gasteiger partial charge < -0.3 is 15.5 Å². The summed E-state index contributed by atoms with van der Waals surface area (Å²) in [6.45, 7) is -0.324. The lowest BCUT2D eigenvalue weighted by Gasteiger charge is -2.33. The lowest BCUT2D eigenvalue weighted by Crippen LogP contribution is -2.55. The van der Waals surface area contributed by atoms with Gasteiger partial charge >= 0.3 is 6.18 Å². The highest BCUT2D eigenvalue weighted by Crippen LogP contribution is 2.31. The van der Waals surface area contributed by atoms with Crippen LogP contribution in [0, 0.1) is 5.92 Å². The van der Waals surface area contributed by atoms with Crippen molar-refractivity contribution in [1.29, 1.82) is 0 Å². The minimum atomic E-state index is -4.45. The molecule has 3 N–H and O–H groups in total. The molecule has 1 saturated heterocycles. The molecule has 0 amide bonds. The molecular formula is C6H10F3NO2. The Balaban J connectivity index is 2.64. The second-order valence-electron chi connectivity index (χ2n) is 2.86. The van der Waals surface area contributed by atoms with Crippen LogP contribution in [-0.4, -0.2) is 41.7 Å². The highest BCUT2D eigenvalue weighted by Gasteiger charge is 2.48. The Kier molecular flexibility index (Phi) is 2.60. The molecule has 0 saturated carbocycles. The topological polar surface area (TPSA) is 52.5 Å². The van der Waals surface area contributed by atoms with Crippen LogP contribution in [0.1, 0.15) is 0 Å². The maximum absolute atomic E-state index is 12.1. The van der Waals surface area contributed by atoms with Crippen molar-refractivity contribution in [2.24, 2.45) is 5.92 Å². The van der Waals surface area contributed by atoms with Gasteiger partial charge in [0, 0.05) is 13.1 Å². The largest absolute Gasteiger partial charge is 0.395 e. The molecule has 3 atom stereocenters. The first-order chi connectivity index (χ1) is 5.43. The second-order valence-corrected chi connectivity index (χ2v) is 2.86. The number of aliphatic hydroxyl groups is 2. The van der Waals surface area contributed by atoms with Crippen molar-refractivity contribution < 1.29 is 23.4 Å². The molecule has 0 spiro atoms. The Morgan fingerprint density at radius 2 is 1.75 bits per heavy atom. The molecule has 1 aliphatic rings. The van der Waals surface area contributed by atoms with Crippen molar-refractivity contribution >= 4 is 0 Å². The molecule has 1 heterocycles. The minimum absolute atomic E-state index is 0.00769. The number of aliphatic hydroxyl groups excluding tert-OH is 2. The van der Waals surface area contributed by atoms with Crippen molar-refractivity contribution in [2.45, 2.75) is 18.4 Å². The van der Waals surface area contributed by atoms with Gasteiger partial charge in [0.15, 0.2) is 0 Å². The predicted octanol–water partition coefficient (Wildman–Crippen LogP) is -0.510. The fraction of sp³-hybridized carbons (Fsp3) is 1.00. The zero-order chi connectivity index (χ0) is 9.35. The third-order valence-electron chi connectivity index (χ3n) is 1.94. The Morgan fingerprint density at radius 1 is 1.17 bits per heavy atom. The standard InChI is InChI=1S/C6H10F3NO2/c7-6(8,9)3-1-10-2-4(11)5(3)12/h3-5,10-12H,1-2H2/t3?,4-,5-/m1/s1. The lowest BCUT2D eigenvalue weighted by molar-refractivity contribution is -0.217. The van der Waals surface area contributed by atoms with E-state index in [1.165, 1.54) is 0 Å². The molecule has 0 aliphatic carbocycles. The molecule has 12 heavy (non-hydrogen) atoms. The van der Waals surface area contributed by atoms with Gasteiger partial charge in [0.05, 0.1) is 18.1 Å². The molecule has 1 aliphatic heterocycles. The van der Waals surface area contributed by atoms with Gasteiger partial charge in [0.1, 0.15) is 0 Å². The van der Waals surface area contributed by atoms with Crippen LogP contribution >= 0.6 is 0 Å². The van der Waals surface area contributed by atoms with Crippen LogP contribution in [0.5, 0.6) is 0 Å². The van der Waals surface area contributed by atoms with Gasteiger partial charge in [-0.25, -0.2) is 0 Å². The molecule has 3 nitrogen and oxygen atoms in total. The molecule has 1 unspecified atom stereocenters. The summed E-state index contributed by atoms with van der Waals surface area (Å²) in [6.07, 6.45) is -7.48. The number of piperidine rings is 1. The van der Waals surface area contributed by atoms with Crippen molar-refractivity contribution in [3.63, 3.8) is 0 Å². The number of β-amino-alcohol motifs (C(OH)–C–C–N with tert-alkyl or cyclic N) is 1. The molecule has 0 bridgehead atoms. The van der Waals surface area contributed by atoms with Crippen LogP contribution in [0.4, 0.5) is 13.2 Å². The summed E-state index contributed by atoms with van der Waals surface area (Å²) in [5, 5.41) is 20.3. The van der Waals surface area contributed by atoms with Crippen LogP contribution in [0.15, 0.2) is 0 Å². The summed E-state index contributed by atoms with van der Waals surface area (Å²) in [7, 11) is 0. The van der Waals surface area contributed by atoms with E-state index in [4.69, 9.17) is 10.2 Å². The van der Waals surface area contributed by atoms with Crippen molar-refractivity contribution in [2.75, 3.05) is 13.1 Å². The van der Waals surface area contributed by atoms with Gasteiger partial charge in [-0.05, 0) is 0 Å². The second kappa shape index (κ2) is 3.20. The summed E-state index contributed by atoms with van der Waals surface area (Å²) in [5.41, 5.74) is 0. The Bertz CT molecular complexity index is 161. The monoisotopic (exact) mass is 185 g/mol. The van der Waals surface area contributed by atoms with Crippen LogP contribution in [-0.2, 0) is 0 Å². The normalized spacial score (nSPS) is 38.2. The first-order valence-corrected chi connectivity index (χ1v) is 3.56. The molecule has 6 heteroatoms. The molecule has 1 rings (SSSR count). The van der Waals surface area contributed by atoms with Crippen LogP contribution < -0.4 is 5.32 Å². The van der Waals surface area contributed by atoms with Gasteiger partial charge in [-0.3, -0.25) is 0 Å². The number of hydrogen-bond donors (Lipinski definition) is 3. The highest BCUT2D eigenvalue weighted by atomic mass is 19.4. The first kappa shape index (κ1) is 9.76. The zero-order valence-electron chi connectivity index (χ0n) is 6.17. The maximum Gasteiger partial charge on any atom is 0.395 e. The van der Waals surface area contributed by atoms with Crippen LogP contribution in [0.2, 0.25) is 0 Å². The molecule has 0 aromatic rings. The summed E-state index contributed by atoms with van der Waals surface area (Å²) in [5.74, 6) is -1.86. The maximum atomic E-state index is 12.1. The number of alkyl halides is 3. The molecule has 1 fully saturated rings. The average Bonchev–Trinajstić information content (AvgIpc) is 1.92. The first-order valence-electron chi connectivity index (χ1n) is 3.56. The highest BCUT2D eigenvalue weighted by molar-refractivity contribution is 4.88. The molecule has 0 aromatic heterocycles. The summed E-state index contributed by atoms with van der Waals surface area (Å²) < 4.78 is 36.2. The van der Waals surface area contributed by atoms with Gasteiger partial charge in [-0.1, -0.05) is 0 Å². The van der Waals surface area contributed by atoms with Crippen LogP contribution in [0.3, 0.4) is 0 Å². The quantitative estimate of drug-likeness (QED) is 0.476. The fourth-order valence-corrected chi connectivity index (χ4v) is 1.21. The fourth-order valence-electron chi connectivity index (χ4n) is 1.21. The van der Waals surface area contributed by atoms with Crippen LogP contribution in [0.25, 0.3) is 0 Å². The van der Waals surface area contributed by atoms with E-state index in [0.29, 0.717) is 0 Å². The number of nitrogens with one attached hydrogen (secondary N) is 1. The SMILES string of the molecule is O[C@@H]1CNCC(C(F)(F)F)[C@H]1O. The molecule has 0 aromatic carbocycles. The third-order valence-corrected chi connectivity index (χ3v) is 1.94. The van der Waals surface area contributed by atoms with E-state index in [0.717, 1.165) is 0 Å². The third kappa shape index (κ3) is 1.88. The van der Waals surface area contributed by atoms with Crippen molar-refractivity contribution in [3.8, 4) is 0 Å². The number of halogens is 3. The van der Waals surface area contributed by atoms with Gasteiger partial charge in [0.2, 0.25) is 0 Å². The Hall–Kier alpha value is -0.330. The van der Waals surface area contributed by atoms with Gasteiger partial charge in [-0.15, -0.1) is 0 Å². The molecular weight excluding hydrogens is 175 g/mol. The molecule has 72 valence electrons. The number of rotatable bonds is 0. The van der Waals surface area contributed by atoms with E-state index < -0.39 is 24.3 Å². The predicted molar refractivity (Wildman–Crippen MR) is 34.4 cm³/mol. The van der Waals surface area contributed by atoms with E-state index in [-0.39, 0.29) is 13.1 Å². The summed E-state index contributed by atoms with van der Waals surface area (Å²) in [4.78, 5) is 0. The smallest absolute Gasteiger partial charge is 0.390 e. The van der Waals surface area contributed by atoms with Gasteiger partial charge in [-0.2, -0.15) is 13.2 Å². The Labute approximate surface area is 67.2 Å². The molecule has 0 radical (unpaired) electrons. The van der Waals surface area contributed by atoms with E-state index in [1.54, 1.807) is 0 Å². The average molecular weight is 185 g/mol. The van der Waals surface area contributed by atoms with E-state index >= 15 is 0 Å². The number of hydrogen-bond acceptors (Lipinski definition) is 3. The van der Waals surface area contributed by atoms with Gasteiger partial charge in [0.25, 0.3) is 0 Å². The summed E-state index contributed by atoms with van der Waals surface area (Å²) in [6, 6.07) is 0. The van der Waals surface area contributed by atoms with E-state index in [9.17, 15) is 13.2 Å². The summed E-state index contributed by atoms with van der Waals surface area (Å²) >= 11 is 0. The van der Waals surface area contributed by atoms with Crippen molar-refractivity contribution in [3.05, 3.63) is 0 Å². The van der Waals surface area contributed by atoms with E-state index in [1.807, 2.05) is 0 Å².